The first-order chi connectivity index (χ1) is 7.24. The molecule has 4 N–H and O–H groups in total. The van der Waals surface area contributed by atoms with Crippen molar-refractivity contribution in [2.24, 2.45) is 0 Å². The van der Waals surface area contributed by atoms with E-state index in [-0.39, 0.29) is 0 Å². The maximum Gasteiger partial charge on any atom is 0.0337 e. The van der Waals surface area contributed by atoms with Gasteiger partial charge in [0.15, 0.2) is 0 Å². The van der Waals surface area contributed by atoms with E-state index in [2.05, 4.69) is 12.1 Å². The van der Waals surface area contributed by atoms with Crippen molar-refractivity contribution >= 4 is 11.4 Å². The van der Waals surface area contributed by atoms with Crippen molar-refractivity contribution in [2.45, 2.75) is 6.42 Å². The molecule has 0 fully saturated rings. The molecule has 0 amide bonds. The van der Waals surface area contributed by atoms with E-state index >= 15 is 0 Å². The first-order valence-corrected chi connectivity index (χ1v) is 4.93. The summed E-state index contributed by atoms with van der Waals surface area (Å²) in [5.74, 6) is 0. The molecule has 0 aliphatic rings. The predicted octanol–water partition coefficient (Wildman–Crippen LogP) is 2.44. The first-order valence-electron chi connectivity index (χ1n) is 4.93. The molecule has 0 unspecified atom stereocenters. The van der Waals surface area contributed by atoms with E-state index < -0.39 is 0 Å². The van der Waals surface area contributed by atoms with Crippen molar-refractivity contribution in [1.29, 1.82) is 0 Å². The third-order valence-corrected chi connectivity index (χ3v) is 2.29. The lowest BCUT2D eigenvalue weighted by atomic mass is 10.0. The molecule has 0 aliphatic heterocycles. The number of hydrogen-bond donors (Lipinski definition) is 2. The number of anilines is 2. The molecule has 0 bridgehead atoms. The molecule has 0 saturated heterocycles. The van der Waals surface area contributed by atoms with Crippen molar-refractivity contribution in [3.05, 3.63) is 59.7 Å². The Balaban J connectivity index is 2.25. The zero-order valence-electron chi connectivity index (χ0n) is 8.48. The molecule has 2 heteroatoms. The number of nitrogen functional groups attached to an aromatic ring is 2. The molecule has 0 saturated carbocycles. The van der Waals surface area contributed by atoms with Gasteiger partial charge in [0.05, 0.1) is 0 Å². The van der Waals surface area contributed by atoms with Crippen molar-refractivity contribution < 1.29 is 0 Å². The molecule has 2 aromatic rings. The number of rotatable bonds is 2. The van der Waals surface area contributed by atoms with Crippen LogP contribution < -0.4 is 11.5 Å². The van der Waals surface area contributed by atoms with Crippen LogP contribution in [0, 0.1) is 0 Å². The Bertz CT molecular complexity index is 429. The lowest BCUT2D eigenvalue weighted by Crippen LogP contribution is -1.94. The quantitative estimate of drug-likeness (QED) is 0.728. The van der Waals surface area contributed by atoms with Gasteiger partial charge < -0.3 is 11.5 Å². The van der Waals surface area contributed by atoms with E-state index in [0.717, 1.165) is 23.4 Å². The number of nitrogens with two attached hydrogens (primary N) is 2. The van der Waals surface area contributed by atoms with Crippen molar-refractivity contribution in [3.63, 3.8) is 0 Å². The Kier molecular flexibility index (Phi) is 2.59. The molecule has 0 heterocycles. The highest BCUT2D eigenvalue weighted by atomic mass is 14.6. The topological polar surface area (TPSA) is 52.0 Å². The van der Waals surface area contributed by atoms with Gasteiger partial charge >= 0.3 is 0 Å². The standard InChI is InChI=1S/C13H14N2/c14-12-7-11(8-13(15)9-12)6-10-4-2-1-3-5-10/h1-5,7-9H,6,14-15H2. The fourth-order valence-electron chi connectivity index (χ4n) is 1.68. The molecule has 76 valence electrons. The summed E-state index contributed by atoms with van der Waals surface area (Å²) in [6.45, 7) is 0. The zero-order valence-corrected chi connectivity index (χ0v) is 8.48. The van der Waals surface area contributed by atoms with Gasteiger partial charge in [-0.25, -0.2) is 0 Å². The second kappa shape index (κ2) is 4.05. The van der Waals surface area contributed by atoms with Gasteiger partial charge in [-0.05, 0) is 35.7 Å². The molecule has 0 aromatic heterocycles. The lowest BCUT2D eigenvalue weighted by Gasteiger charge is -2.04. The average molecular weight is 198 g/mol. The second-order valence-electron chi connectivity index (χ2n) is 3.67. The van der Waals surface area contributed by atoms with Crippen LogP contribution in [0.4, 0.5) is 11.4 Å². The Hall–Kier alpha value is -1.96. The van der Waals surface area contributed by atoms with Gasteiger partial charge in [0, 0.05) is 11.4 Å². The number of benzene rings is 2. The van der Waals surface area contributed by atoms with Gasteiger partial charge in [-0.2, -0.15) is 0 Å². The largest absolute Gasteiger partial charge is 0.399 e. The number of hydrogen-bond acceptors (Lipinski definition) is 2. The van der Waals surface area contributed by atoms with Gasteiger partial charge in [-0.1, -0.05) is 30.3 Å². The van der Waals surface area contributed by atoms with Crippen LogP contribution in [0.1, 0.15) is 11.1 Å². The zero-order chi connectivity index (χ0) is 10.7. The van der Waals surface area contributed by atoms with Gasteiger partial charge in [0.1, 0.15) is 0 Å². The third kappa shape index (κ3) is 2.50. The van der Waals surface area contributed by atoms with Gasteiger partial charge in [0.2, 0.25) is 0 Å². The first kappa shape index (κ1) is 9.59. The van der Waals surface area contributed by atoms with Crippen LogP contribution in [0.25, 0.3) is 0 Å². The third-order valence-electron chi connectivity index (χ3n) is 2.29. The maximum atomic E-state index is 5.73. The van der Waals surface area contributed by atoms with Crippen molar-refractivity contribution in [1.82, 2.24) is 0 Å². The molecule has 0 atom stereocenters. The van der Waals surface area contributed by atoms with Crippen molar-refractivity contribution in [2.75, 3.05) is 11.5 Å². The van der Waals surface area contributed by atoms with Gasteiger partial charge in [-0.15, -0.1) is 0 Å². The smallest absolute Gasteiger partial charge is 0.0337 e. The van der Waals surface area contributed by atoms with Crippen LogP contribution in [0.2, 0.25) is 0 Å². The summed E-state index contributed by atoms with van der Waals surface area (Å²) >= 11 is 0. The van der Waals surface area contributed by atoms with Gasteiger partial charge in [0.25, 0.3) is 0 Å². The lowest BCUT2D eigenvalue weighted by molar-refractivity contribution is 1.20. The van der Waals surface area contributed by atoms with Crippen LogP contribution in [-0.2, 0) is 6.42 Å². The fourth-order valence-corrected chi connectivity index (χ4v) is 1.68. The highest BCUT2D eigenvalue weighted by Crippen LogP contribution is 2.16. The van der Waals surface area contributed by atoms with E-state index in [9.17, 15) is 0 Å². The van der Waals surface area contributed by atoms with Crippen LogP contribution in [-0.4, -0.2) is 0 Å². The van der Waals surface area contributed by atoms with E-state index in [1.54, 1.807) is 6.07 Å². The summed E-state index contributed by atoms with van der Waals surface area (Å²) in [6, 6.07) is 16.0. The molecule has 2 nitrogen and oxygen atoms in total. The summed E-state index contributed by atoms with van der Waals surface area (Å²) in [6.07, 6.45) is 0.871. The highest BCUT2D eigenvalue weighted by Gasteiger charge is 1.98. The SMILES string of the molecule is Nc1cc(N)cc(Cc2ccccc2)c1. The summed E-state index contributed by atoms with van der Waals surface area (Å²) in [7, 11) is 0. The minimum absolute atomic E-state index is 0.723. The Labute approximate surface area is 89.5 Å². The Morgan fingerprint density at radius 2 is 1.33 bits per heavy atom. The van der Waals surface area contributed by atoms with E-state index in [0.29, 0.717) is 0 Å². The van der Waals surface area contributed by atoms with Crippen LogP contribution >= 0.6 is 0 Å². The van der Waals surface area contributed by atoms with Gasteiger partial charge in [-0.3, -0.25) is 0 Å². The summed E-state index contributed by atoms with van der Waals surface area (Å²) in [4.78, 5) is 0. The monoisotopic (exact) mass is 198 g/mol. The van der Waals surface area contributed by atoms with Crippen molar-refractivity contribution in [3.8, 4) is 0 Å². The molecule has 2 rings (SSSR count). The molecule has 0 radical (unpaired) electrons. The van der Waals surface area contributed by atoms with E-state index in [1.165, 1.54) is 5.56 Å². The normalized spacial score (nSPS) is 10.1. The Morgan fingerprint density at radius 1 is 0.733 bits per heavy atom. The predicted molar refractivity (Wildman–Crippen MR) is 64.5 cm³/mol. The van der Waals surface area contributed by atoms with Crippen LogP contribution in [0.3, 0.4) is 0 Å². The minimum Gasteiger partial charge on any atom is -0.399 e. The Morgan fingerprint density at radius 3 is 1.93 bits per heavy atom. The highest BCUT2D eigenvalue weighted by molar-refractivity contribution is 5.55. The van der Waals surface area contributed by atoms with Crippen LogP contribution in [0.15, 0.2) is 48.5 Å². The molecule has 15 heavy (non-hydrogen) atoms. The summed E-state index contributed by atoms with van der Waals surface area (Å²) < 4.78 is 0. The maximum absolute atomic E-state index is 5.73. The van der Waals surface area contributed by atoms with E-state index in [1.807, 2.05) is 30.3 Å². The summed E-state index contributed by atoms with van der Waals surface area (Å²) in [5.41, 5.74) is 15.3. The fraction of sp³-hybridized carbons (Fsp3) is 0.0769. The van der Waals surface area contributed by atoms with E-state index in [4.69, 9.17) is 11.5 Å². The minimum atomic E-state index is 0.723. The second-order valence-corrected chi connectivity index (χ2v) is 3.67. The molecular weight excluding hydrogens is 184 g/mol. The average Bonchev–Trinajstić information content (AvgIpc) is 2.17. The summed E-state index contributed by atoms with van der Waals surface area (Å²) in [5, 5.41) is 0. The van der Waals surface area contributed by atoms with Crippen LogP contribution in [0.5, 0.6) is 0 Å². The molecular formula is C13H14N2. The molecule has 2 aromatic carbocycles. The molecule has 0 spiro atoms. The molecule has 0 aliphatic carbocycles.